The lowest BCUT2D eigenvalue weighted by Crippen LogP contribution is -2.21. The third kappa shape index (κ3) is 9.48. The minimum atomic E-state index is -1.20. The van der Waals surface area contributed by atoms with E-state index in [0.29, 0.717) is 11.5 Å². The molecule has 5 aromatic rings. The predicted octanol–water partition coefficient (Wildman–Crippen LogP) is 13.3. The topological polar surface area (TPSA) is 72.8 Å². The van der Waals surface area contributed by atoms with Gasteiger partial charge in [-0.05, 0) is 132 Å². The van der Waals surface area contributed by atoms with Crippen molar-refractivity contribution < 1.29 is 24.2 Å². The van der Waals surface area contributed by atoms with E-state index in [4.69, 9.17) is 9.47 Å². The molecular formula is C51H59BrO5. The molecule has 0 atom stereocenters. The molecule has 0 spiro atoms. The SMILES string of the molecule is CC(=O)Oc1c(C(C)(C)C)cc(-c2ccc3c(C#CC(C)(C)O)c4ccc(-c5cc(C(C)(C)C)c(OC(C)=O)c(C(C)(C)C)c5)cc4c(Br)c3c2)cc1C(C)(C)C. The van der Waals surface area contributed by atoms with Crippen LogP contribution in [-0.2, 0) is 31.2 Å². The summed E-state index contributed by atoms with van der Waals surface area (Å²) in [5.74, 6) is 7.01. The molecule has 0 heterocycles. The number of carbonyl (C=O) groups is 2. The Hall–Kier alpha value is -4.44. The van der Waals surface area contributed by atoms with Gasteiger partial charge in [0.1, 0.15) is 17.1 Å². The molecule has 0 amide bonds. The maximum Gasteiger partial charge on any atom is 0.308 e. The van der Waals surface area contributed by atoms with E-state index in [9.17, 15) is 14.7 Å². The highest BCUT2D eigenvalue weighted by Crippen LogP contribution is 2.47. The third-order valence-electron chi connectivity index (χ3n) is 10.1. The van der Waals surface area contributed by atoms with Crippen LogP contribution in [0.4, 0.5) is 0 Å². The van der Waals surface area contributed by atoms with E-state index in [1.165, 1.54) is 13.8 Å². The van der Waals surface area contributed by atoms with E-state index in [-0.39, 0.29) is 33.6 Å². The van der Waals surface area contributed by atoms with E-state index in [2.05, 4.69) is 172 Å². The lowest BCUT2D eigenvalue weighted by Gasteiger charge is -2.30. The Morgan fingerprint density at radius 3 is 1.09 bits per heavy atom. The van der Waals surface area contributed by atoms with Crippen molar-refractivity contribution >= 4 is 49.4 Å². The molecule has 0 unspecified atom stereocenters. The van der Waals surface area contributed by atoms with E-state index >= 15 is 0 Å². The van der Waals surface area contributed by atoms with Gasteiger partial charge >= 0.3 is 11.9 Å². The van der Waals surface area contributed by atoms with Crippen LogP contribution >= 0.6 is 15.9 Å². The van der Waals surface area contributed by atoms with Crippen molar-refractivity contribution in [3.63, 3.8) is 0 Å². The Morgan fingerprint density at radius 1 is 0.509 bits per heavy atom. The van der Waals surface area contributed by atoms with Crippen LogP contribution < -0.4 is 9.47 Å². The zero-order valence-electron chi connectivity index (χ0n) is 36.7. The molecule has 0 fully saturated rings. The number of benzene rings is 5. The predicted molar refractivity (Wildman–Crippen MR) is 241 cm³/mol. The summed E-state index contributed by atoms with van der Waals surface area (Å²) in [7, 11) is 0. The summed E-state index contributed by atoms with van der Waals surface area (Å²) in [6, 6.07) is 21.5. The second-order valence-electron chi connectivity index (χ2n) is 20.0. The fourth-order valence-electron chi connectivity index (χ4n) is 7.21. The summed E-state index contributed by atoms with van der Waals surface area (Å²) in [5.41, 5.74) is 6.32. The van der Waals surface area contributed by atoms with E-state index in [0.717, 1.165) is 76.1 Å². The molecule has 5 aromatic carbocycles. The van der Waals surface area contributed by atoms with Crippen molar-refractivity contribution in [2.45, 2.75) is 138 Å². The number of hydrogen-bond donors (Lipinski definition) is 1. The van der Waals surface area contributed by atoms with Gasteiger partial charge in [-0.3, -0.25) is 9.59 Å². The van der Waals surface area contributed by atoms with Crippen molar-refractivity contribution in [2.75, 3.05) is 0 Å². The Bertz CT molecular complexity index is 2260. The fourth-order valence-corrected chi connectivity index (χ4v) is 7.87. The second-order valence-corrected chi connectivity index (χ2v) is 20.8. The Labute approximate surface area is 348 Å². The molecule has 0 saturated carbocycles. The summed E-state index contributed by atoms with van der Waals surface area (Å²) in [5, 5.41) is 14.6. The lowest BCUT2D eigenvalue weighted by atomic mass is 9.77. The number of halogens is 1. The Kier molecular flexibility index (Phi) is 11.5. The van der Waals surface area contributed by atoms with E-state index in [1.807, 2.05) is 0 Å². The third-order valence-corrected chi connectivity index (χ3v) is 11.0. The molecule has 0 aromatic heterocycles. The Morgan fingerprint density at radius 2 is 0.825 bits per heavy atom. The fraction of sp³-hybridized carbons (Fsp3) is 0.412. The number of hydrogen-bond acceptors (Lipinski definition) is 5. The lowest BCUT2D eigenvalue weighted by molar-refractivity contribution is -0.133. The first-order chi connectivity index (χ1) is 26.0. The number of ether oxygens (including phenoxy) is 2. The molecule has 0 radical (unpaired) electrons. The molecule has 0 aliphatic rings. The van der Waals surface area contributed by atoms with Gasteiger partial charge in [0.05, 0.1) is 0 Å². The van der Waals surface area contributed by atoms with Crippen molar-refractivity contribution in [2.24, 2.45) is 0 Å². The average molecular weight is 832 g/mol. The summed E-state index contributed by atoms with van der Waals surface area (Å²) in [6.07, 6.45) is 0. The zero-order chi connectivity index (χ0) is 42.8. The molecule has 0 aliphatic carbocycles. The molecular weight excluding hydrogens is 772 g/mol. The molecule has 57 heavy (non-hydrogen) atoms. The second kappa shape index (κ2) is 15.1. The normalized spacial score (nSPS) is 12.7. The molecule has 0 aliphatic heterocycles. The molecule has 1 N–H and O–H groups in total. The van der Waals surface area contributed by atoms with Crippen molar-refractivity contribution in [1.82, 2.24) is 0 Å². The highest BCUT2D eigenvalue weighted by Gasteiger charge is 2.31. The highest BCUT2D eigenvalue weighted by atomic mass is 79.9. The minimum Gasteiger partial charge on any atom is -0.426 e. The smallest absolute Gasteiger partial charge is 0.308 e. The van der Waals surface area contributed by atoms with Crippen molar-refractivity contribution in [1.29, 1.82) is 0 Å². The summed E-state index contributed by atoms with van der Waals surface area (Å²) in [4.78, 5) is 24.8. The number of carbonyl (C=O) groups excluding carboxylic acids is 2. The van der Waals surface area contributed by atoms with E-state index < -0.39 is 5.60 Å². The summed E-state index contributed by atoms with van der Waals surface area (Å²) < 4.78 is 12.8. The van der Waals surface area contributed by atoms with Gasteiger partial charge in [-0.15, -0.1) is 0 Å². The number of esters is 2. The molecule has 0 bridgehead atoms. The van der Waals surface area contributed by atoms with Crippen molar-refractivity contribution in [3.05, 3.63) is 93.0 Å². The number of aliphatic hydroxyl groups is 1. The van der Waals surface area contributed by atoms with Crippen LogP contribution in [0.5, 0.6) is 11.5 Å². The van der Waals surface area contributed by atoms with Crippen LogP contribution in [0.1, 0.15) is 139 Å². The van der Waals surface area contributed by atoms with Gasteiger partial charge in [0.15, 0.2) is 0 Å². The molecule has 0 saturated heterocycles. The summed E-state index contributed by atoms with van der Waals surface area (Å²) >= 11 is 4.07. The van der Waals surface area contributed by atoms with Gasteiger partial charge in [-0.2, -0.15) is 0 Å². The molecule has 6 heteroatoms. The van der Waals surface area contributed by atoms with Crippen LogP contribution in [0.15, 0.2) is 65.1 Å². The zero-order valence-corrected chi connectivity index (χ0v) is 38.3. The van der Waals surface area contributed by atoms with Crippen LogP contribution in [0.3, 0.4) is 0 Å². The van der Waals surface area contributed by atoms with E-state index in [1.54, 1.807) is 13.8 Å². The maximum absolute atomic E-state index is 12.4. The standard InChI is InChI=1S/C51H59BrO5/c1-29(53)56-45-40(47(3,4)5)25-33(26-41(45)48(6,7)8)31-17-19-35-37(21-22-51(15,16)55)36-20-18-32(24-39(36)44(52)38(35)23-31)34-27-42(49(9,10)11)46(57-30(2)54)43(28-34)50(12,13)14/h17-20,23-28,55H,1-16H3. The van der Waals surface area contributed by atoms with Gasteiger partial charge in [-0.25, -0.2) is 0 Å². The molecule has 5 nitrogen and oxygen atoms in total. The van der Waals surface area contributed by atoms with Crippen molar-refractivity contribution in [3.8, 4) is 45.6 Å². The number of rotatable bonds is 4. The molecule has 300 valence electrons. The first kappa shape index (κ1) is 43.7. The highest BCUT2D eigenvalue weighted by molar-refractivity contribution is 9.10. The first-order valence-electron chi connectivity index (χ1n) is 19.7. The minimum absolute atomic E-state index is 0.305. The molecule has 5 rings (SSSR count). The number of fused-ring (bicyclic) bond motifs is 2. The largest absolute Gasteiger partial charge is 0.426 e. The van der Waals surface area contributed by atoms with Gasteiger partial charge in [0.2, 0.25) is 0 Å². The maximum atomic E-state index is 12.4. The van der Waals surface area contributed by atoms with Gasteiger partial charge in [-0.1, -0.05) is 119 Å². The van der Waals surface area contributed by atoms with Crippen LogP contribution in [-0.4, -0.2) is 22.6 Å². The monoisotopic (exact) mass is 830 g/mol. The van der Waals surface area contributed by atoms with Crippen LogP contribution in [0.25, 0.3) is 43.8 Å². The average Bonchev–Trinajstić information content (AvgIpc) is 3.05. The van der Waals surface area contributed by atoms with Gasteiger partial charge in [0, 0.05) is 46.1 Å². The quantitative estimate of drug-likeness (QED) is 0.0845. The summed E-state index contributed by atoms with van der Waals surface area (Å²) in [6.45, 7) is 31.9. The Balaban J connectivity index is 1.88. The van der Waals surface area contributed by atoms with Gasteiger partial charge < -0.3 is 14.6 Å². The van der Waals surface area contributed by atoms with Crippen LogP contribution in [0, 0.1) is 11.8 Å². The van der Waals surface area contributed by atoms with Crippen LogP contribution in [0.2, 0.25) is 0 Å². The first-order valence-corrected chi connectivity index (χ1v) is 20.5. The van der Waals surface area contributed by atoms with Gasteiger partial charge in [0.25, 0.3) is 0 Å².